The summed E-state index contributed by atoms with van der Waals surface area (Å²) in [6.07, 6.45) is 0.00153. The van der Waals surface area contributed by atoms with Gasteiger partial charge in [-0.25, -0.2) is 0 Å². The lowest BCUT2D eigenvalue weighted by atomic mass is 9.82. The van der Waals surface area contributed by atoms with Crippen molar-refractivity contribution >= 4 is 11.6 Å². The normalized spacial score (nSPS) is 19.0. The first-order valence-electron chi connectivity index (χ1n) is 13.7. The van der Waals surface area contributed by atoms with Crippen LogP contribution in [0, 0.1) is 25.0 Å². The largest absolute Gasteiger partial charge is 0.618 e. The van der Waals surface area contributed by atoms with Gasteiger partial charge in [0.2, 0.25) is 5.69 Å². The number of benzene rings is 1. The average molecular weight is 563 g/mol. The summed E-state index contributed by atoms with van der Waals surface area (Å²) in [7, 11) is 0. The second-order valence-corrected chi connectivity index (χ2v) is 10.8. The predicted octanol–water partition coefficient (Wildman–Crippen LogP) is 4.98. The van der Waals surface area contributed by atoms with Crippen molar-refractivity contribution in [3.8, 4) is 5.75 Å². The van der Waals surface area contributed by atoms with Gasteiger partial charge in [-0.05, 0) is 94.9 Å². The van der Waals surface area contributed by atoms with Crippen LogP contribution in [0.15, 0.2) is 41.7 Å². The molecule has 2 aliphatic rings. The number of rotatable bonds is 7. The molecule has 3 heterocycles. The number of carbonyl (C=O) groups is 1. The fraction of sp³-hybridized carbons (Fsp3) is 0.552. The molecule has 0 unspecified atom stereocenters. The molecule has 8 nitrogen and oxygen atoms in total. The van der Waals surface area contributed by atoms with E-state index in [0.29, 0.717) is 36.5 Å². The molecule has 0 radical (unpaired) electrons. The zero-order valence-electron chi connectivity index (χ0n) is 23.5. The summed E-state index contributed by atoms with van der Waals surface area (Å²) in [6, 6.07) is 7.45. The molecule has 0 atom stereocenters. The summed E-state index contributed by atoms with van der Waals surface area (Å²) < 4.78 is 42.4. The number of halogens is 3. The number of carbonyl (C=O) groups excluding carboxylic acids is 1. The Kier molecular flexibility index (Phi) is 8.92. The molecule has 218 valence electrons. The molecule has 1 aromatic carbocycles. The van der Waals surface area contributed by atoms with Gasteiger partial charge in [0, 0.05) is 37.5 Å². The average Bonchev–Trinajstić information content (AvgIpc) is 2.92. The van der Waals surface area contributed by atoms with E-state index < -0.39 is 6.36 Å². The van der Waals surface area contributed by atoms with Gasteiger partial charge in [0.15, 0.2) is 6.20 Å². The Balaban J connectivity index is 1.38. The van der Waals surface area contributed by atoms with Gasteiger partial charge in [0.1, 0.15) is 17.9 Å². The Labute approximate surface area is 232 Å². The summed E-state index contributed by atoms with van der Waals surface area (Å²) in [5, 5.41) is 16.4. The van der Waals surface area contributed by atoms with Crippen molar-refractivity contribution in [2.75, 3.05) is 32.8 Å². The molecule has 2 aromatic rings. The second-order valence-electron chi connectivity index (χ2n) is 10.8. The maximum Gasteiger partial charge on any atom is 0.573 e. The van der Waals surface area contributed by atoms with E-state index in [-0.39, 0.29) is 23.1 Å². The molecule has 4 rings (SSSR count). The lowest BCUT2D eigenvalue weighted by molar-refractivity contribution is -0.612. The summed E-state index contributed by atoms with van der Waals surface area (Å²) in [6.45, 7) is 10.9. The molecule has 40 heavy (non-hydrogen) atoms. The number of amides is 1. The zero-order valence-corrected chi connectivity index (χ0v) is 23.5. The van der Waals surface area contributed by atoms with Crippen LogP contribution in [0.25, 0.3) is 0 Å². The van der Waals surface area contributed by atoms with Gasteiger partial charge in [0.05, 0.1) is 5.71 Å². The minimum atomic E-state index is -4.74. The molecular formula is C29H37F3N4O4. The number of pyridine rings is 1. The van der Waals surface area contributed by atoms with Crippen LogP contribution in [0.1, 0.15) is 66.7 Å². The molecule has 2 saturated heterocycles. The first-order chi connectivity index (χ1) is 18.9. The smallest absolute Gasteiger partial charge is 0.573 e. The third kappa shape index (κ3) is 6.68. The molecule has 0 saturated carbocycles. The molecule has 11 heteroatoms. The van der Waals surface area contributed by atoms with Crippen molar-refractivity contribution in [3.05, 3.63) is 64.1 Å². The van der Waals surface area contributed by atoms with Crippen LogP contribution in [0.2, 0.25) is 0 Å². The van der Waals surface area contributed by atoms with E-state index in [2.05, 4.69) is 21.7 Å². The van der Waals surface area contributed by atoms with E-state index in [0.717, 1.165) is 54.8 Å². The van der Waals surface area contributed by atoms with Gasteiger partial charge in [-0.2, -0.15) is 4.73 Å². The number of ether oxygens (including phenoxy) is 1. The predicted molar refractivity (Wildman–Crippen MR) is 144 cm³/mol. The molecule has 2 fully saturated rings. The lowest BCUT2D eigenvalue weighted by Crippen LogP contribution is -2.57. The van der Waals surface area contributed by atoms with Crippen LogP contribution in [0.3, 0.4) is 0 Å². The fourth-order valence-electron chi connectivity index (χ4n) is 5.78. The standard InChI is InChI=1S/C29H37F3N4O4/c1-5-39-33-26(22-6-8-24(9-7-22)40-29(30,31)32)23-11-15-35(16-12-23)28(4)13-18-34(19-14-28)27(37)25-20(2)10-17-36(38)21(25)3/h6-10,17,23H,5,11-16,18-19H2,1-4H3/b33-26+. The van der Waals surface area contributed by atoms with Crippen LogP contribution in [0.4, 0.5) is 13.2 Å². The van der Waals surface area contributed by atoms with E-state index >= 15 is 0 Å². The number of aryl methyl sites for hydroxylation is 1. The van der Waals surface area contributed by atoms with E-state index in [1.165, 1.54) is 18.3 Å². The second kappa shape index (κ2) is 12.0. The number of piperidine rings is 2. The highest BCUT2D eigenvalue weighted by Crippen LogP contribution is 2.34. The number of hydrogen-bond donors (Lipinski definition) is 0. The van der Waals surface area contributed by atoms with Crippen LogP contribution in [-0.4, -0.2) is 66.1 Å². The third-order valence-electron chi connectivity index (χ3n) is 8.21. The van der Waals surface area contributed by atoms with Crippen LogP contribution < -0.4 is 9.47 Å². The SMILES string of the molecule is CCO/N=C(\c1ccc(OC(F)(F)F)cc1)C1CCN(C2(C)CCN(C(=O)c3c(C)cc[n+]([O-])c3C)CC2)CC1. The van der Waals surface area contributed by atoms with Gasteiger partial charge in [0.25, 0.3) is 5.91 Å². The highest BCUT2D eigenvalue weighted by atomic mass is 19.4. The van der Waals surface area contributed by atoms with Crippen LogP contribution >= 0.6 is 0 Å². The monoisotopic (exact) mass is 562 g/mol. The van der Waals surface area contributed by atoms with Crippen molar-refractivity contribution < 1.29 is 32.3 Å². The molecule has 0 bridgehead atoms. The van der Waals surface area contributed by atoms with Gasteiger partial charge in [-0.3, -0.25) is 9.69 Å². The Morgan fingerprint density at radius 3 is 2.30 bits per heavy atom. The maximum atomic E-state index is 13.3. The van der Waals surface area contributed by atoms with Crippen molar-refractivity contribution in [3.63, 3.8) is 0 Å². The number of oxime groups is 1. The van der Waals surface area contributed by atoms with E-state index in [1.807, 2.05) is 18.7 Å². The van der Waals surface area contributed by atoms with E-state index in [9.17, 15) is 23.2 Å². The quantitative estimate of drug-likeness (QED) is 0.206. The minimum absolute atomic E-state index is 0.0607. The minimum Gasteiger partial charge on any atom is -0.618 e. The van der Waals surface area contributed by atoms with Gasteiger partial charge in [-0.15, -0.1) is 13.2 Å². The van der Waals surface area contributed by atoms with Crippen molar-refractivity contribution in [1.29, 1.82) is 0 Å². The van der Waals surface area contributed by atoms with Gasteiger partial charge < -0.3 is 19.7 Å². The highest BCUT2D eigenvalue weighted by molar-refractivity contribution is 6.02. The van der Waals surface area contributed by atoms with Crippen molar-refractivity contribution in [1.82, 2.24) is 9.80 Å². The van der Waals surface area contributed by atoms with Crippen molar-refractivity contribution in [2.24, 2.45) is 11.1 Å². The van der Waals surface area contributed by atoms with Crippen LogP contribution in [0.5, 0.6) is 5.75 Å². The fourth-order valence-corrected chi connectivity index (χ4v) is 5.78. The van der Waals surface area contributed by atoms with E-state index in [4.69, 9.17) is 4.84 Å². The molecule has 0 spiro atoms. The number of hydrogen-bond acceptors (Lipinski definition) is 6. The molecule has 0 aliphatic carbocycles. The summed E-state index contributed by atoms with van der Waals surface area (Å²) in [4.78, 5) is 23.0. The maximum absolute atomic E-state index is 13.3. The number of aromatic nitrogens is 1. The van der Waals surface area contributed by atoms with Gasteiger partial charge >= 0.3 is 6.36 Å². The van der Waals surface area contributed by atoms with Gasteiger partial charge in [-0.1, -0.05) is 5.16 Å². The number of likely N-dealkylation sites (tertiary alicyclic amines) is 2. The van der Waals surface area contributed by atoms with Crippen molar-refractivity contribution in [2.45, 2.75) is 65.3 Å². The summed E-state index contributed by atoms with van der Waals surface area (Å²) >= 11 is 0. The summed E-state index contributed by atoms with van der Waals surface area (Å²) in [5.41, 5.74) is 3.10. The Hall–Kier alpha value is -3.34. The summed E-state index contributed by atoms with van der Waals surface area (Å²) in [5.74, 6) is -0.265. The molecular weight excluding hydrogens is 525 g/mol. The first kappa shape index (κ1) is 29.6. The molecule has 1 amide bonds. The Morgan fingerprint density at radius 1 is 1.10 bits per heavy atom. The number of alkyl halides is 3. The lowest BCUT2D eigenvalue weighted by Gasteiger charge is -2.49. The molecule has 1 aromatic heterocycles. The highest BCUT2D eigenvalue weighted by Gasteiger charge is 2.40. The topological polar surface area (TPSA) is 81.3 Å². The molecule has 0 N–H and O–H groups in total. The zero-order chi connectivity index (χ0) is 29.1. The van der Waals surface area contributed by atoms with Crippen LogP contribution in [-0.2, 0) is 4.84 Å². The Morgan fingerprint density at radius 2 is 1.73 bits per heavy atom. The molecule has 2 aliphatic heterocycles. The van der Waals surface area contributed by atoms with E-state index in [1.54, 1.807) is 25.1 Å². The third-order valence-corrected chi connectivity index (χ3v) is 8.21. The first-order valence-corrected chi connectivity index (χ1v) is 13.7. The number of nitrogens with zero attached hydrogens (tertiary/aromatic N) is 4. The Bertz CT molecular complexity index is 1220.